The van der Waals surface area contributed by atoms with Crippen LogP contribution in [0.4, 0.5) is 14.5 Å². The van der Waals surface area contributed by atoms with Crippen LogP contribution in [0.15, 0.2) is 41.3 Å². The molecule has 5 nitrogen and oxygen atoms in total. The Morgan fingerprint density at radius 1 is 1.15 bits per heavy atom. The Hall–Kier alpha value is -2.48. The van der Waals surface area contributed by atoms with E-state index >= 15 is 0 Å². The van der Waals surface area contributed by atoms with E-state index in [0.29, 0.717) is 6.07 Å². The number of sulfonamides is 1. The van der Waals surface area contributed by atoms with Gasteiger partial charge in [0.2, 0.25) is 0 Å². The summed E-state index contributed by atoms with van der Waals surface area (Å²) in [6.45, 7) is 4.04. The molecule has 0 fully saturated rings. The summed E-state index contributed by atoms with van der Waals surface area (Å²) in [5.41, 5.74) is -0.135. The average Bonchev–Trinajstić information content (AvgIpc) is 2.62. The van der Waals surface area contributed by atoms with Gasteiger partial charge >= 0.3 is 5.97 Å². The molecule has 1 N–H and O–H groups in total. The van der Waals surface area contributed by atoms with E-state index in [0.717, 1.165) is 25.2 Å². The van der Waals surface area contributed by atoms with Crippen molar-refractivity contribution in [1.29, 1.82) is 0 Å². The van der Waals surface area contributed by atoms with Crippen molar-refractivity contribution in [1.82, 2.24) is 0 Å². The Balaban J connectivity index is 2.36. The standard InChI is InChI=1S/C18H19F2NO4S/c1-4-11(2)12-5-7-13(8-6-12)26(23,24)21-17-9-14(18(22)25-3)15(19)10-16(17)20/h5-11,21H,4H2,1-3H3. The summed E-state index contributed by atoms with van der Waals surface area (Å²) in [5.74, 6) is -3.05. The van der Waals surface area contributed by atoms with Gasteiger partial charge in [0.05, 0.1) is 23.3 Å². The summed E-state index contributed by atoms with van der Waals surface area (Å²) < 4.78 is 58.9. The van der Waals surface area contributed by atoms with Crippen molar-refractivity contribution in [2.45, 2.75) is 31.1 Å². The molecule has 0 bridgehead atoms. The summed E-state index contributed by atoms with van der Waals surface area (Å²) >= 11 is 0. The number of ether oxygens (including phenoxy) is 1. The fraction of sp³-hybridized carbons (Fsp3) is 0.278. The van der Waals surface area contributed by atoms with E-state index in [-0.39, 0.29) is 10.8 Å². The molecule has 0 saturated heterocycles. The highest BCUT2D eigenvalue weighted by atomic mass is 32.2. The van der Waals surface area contributed by atoms with Crippen LogP contribution < -0.4 is 4.72 Å². The Morgan fingerprint density at radius 3 is 2.31 bits per heavy atom. The summed E-state index contributed by atoms with van der Waals surface area (Å²) in [6, 6.07) is 7.38. The number of methoxy groups -OCH3 is 1. The predicted molar refractivity (Wildman–Crippen MR) is 93.7 cm³/mol. The lowest BCUT2D eigenvalue weighted by Crippen LogP contribution is -2.15. The fourth-order valence-electron chi connectivity index (χ4n) is 2.31. The molecule has 0 saturated carbocycles. The molecule has 0 aliphatic carbocycles. The normalized spacial score (nSPS) is 12.5. The van der Waals surface area contributed by atoms with Gasteiger partial charge in [0.25, 0.3) is 10.0 Å². The number of carbonyl (C=O) groups excluding carboxylic acids is 1. The van der Waals surface area contributed by atoms with Gasteiger partial charge in [0.1, 0.15) is 11.6 Å². The van der Waals surface area contributed by atoms with Gasteiger partial charge in [0, 0.05) is 6.07 Å². The van der Waals surface area contributed by atoms with E-state index in [1.165, 1.54) is 12.1 Å². The third-order valence-corrected chi connectivity index (χ3v) is 5.46. The summed E-state index contributed by atoms with van der Waals surface area (Å²) in [5, 5.41) is 0. The molecule has 8 heteroatoms. The SMILES string of the molecule is CCC(C)c1ccc(S(=O)(=O)Nc2cc(C(=O)OC)c(F)cc2F)cc1. The van der Waals surface area contributed by atoms with Crippen LogP contribution in [0.2, 0.25) is 0 Å². The van der Waals surface area contributed by atoms with Crippen molar-refractivity contribution < 1.29 is 26.7 Å². The maximum atomic E-state index is 13.9. The first kappa shape index (κ1) is 19.8. The van der Waals surface area contributed by atoms with E-state index in [2.05, 4.69) is 4.74 Å². The third kappa shape index (κ3) is 4.19. The first-order valence-electron chi connectivity index (χ1n) is 7.89. The molecule has 1 unspecified atom stereocenters. The van der Waals surface area contributed by atoms with Gasteiger partial charge in [0.15, 0.2) is 0 Å². The van der Waals surface area contributed by atoms with Crippen molar-refractivity contribution in [3.63, 3.8) is 0 Å². The van der Waals surface area contributed by atoms with Crippen LogP contribution in [-0.4, -0.2) is 21.5 Å². The van der Waals surface area contributed by atoms with Gasteiger partial charge in [-0.25, -0.2) is 22.0 Å². The van der Waals surface area contributed by atoms with Gasteiger partial charge in [-0.1, -0.05) is 26.0 Å². The molecule has 0 spiro atoms. The molecule has 2 aromatic carbocycles. The number of anilines is 1. The molecule has 1 atom stereocenters. The Bertz CT molecular complexity index is 912. The minimum atomic E-state index is -4.11. The molecular weight excluding hydrogens is 364 g/mol. The number of hydrogen-bond donors (Lipinski definition) is 1. The molecule has 2 rings (SSSR count). The zero-order valence-corrected chi connectivity index (χ0v) is 15.4. The molecule has 0 aromatic heterocycles. The summed E-state index contributed by atoms with van der Waals surface area (Å²) in [4.78, 5) is 11.4. The lowest BCUT2D eigenvalue weighted by Gasteiger charge is -2.12. The van der Waals surface area contributed by atoms with Crippen LogP contribution in [0.3, 0.4) is 0 Å². The van der Waals surface area contributed by atoms with Crippen molar-refractivity contribution >= 4 is 21.7 Å². The molecule has 0 aliphatic rings. The van der Waals surface area contributed by atoms with Crippen LogP contribution in [-0.2, 0) is 14.8 Å². The van der Waals surface area contributed by atoms with Gasteiger partial charge in [-0.2, -0.15) is 0 Å². The van der Waals surface area contributed by atoms with Crippen LogP contribution in [0.25, 0.3) is 0 Å². The quantitative estimate of drug-likeness (QED) is 0.764. The minimum absolute atomic E-state index is 0.0760. The van der Waals surface area contributed by atoms with E-state index in [1.807, 2.05) is 18.6 Å². The average molecular weight is 383 g/mol. The predicted octanol–water partition coefficient (Wildman–Crippen LogP) is 4.07. The van der Waals surface area contributed by atoms with Gasteiger partial charge in [-0.3, -0.25) is 4.72 Å². The second kappa shape index (κ2) is 7.82. The monoisotopic (exact) mass is 383 g/mol. The Morgan fingerprint density at radius 2 is 1.77 bits per heavy atom. The smallest absolute Gasteiger partial charge is 0.340 e. The number of esters is 1. The molecule has 2 aromatic rings. The van der Waals surface area contributed by atoms with E-state index in [9.17, 15) is 22.0 Å². The second-order valence-corrected chi connectivity index (χ2v) is 7.47. The Labute approximate surface area is 151 Å². The van der Waals surface area contributed by atoms with E-state index in [1.54, 1.807) is 12.1 Å². The molecule has 140 valence electrons. The molecular formula is C18H19F2NO4S. The lowest BCUT2D eigenvalue weighted by atomic mass is 9.99. The first-order chi connectivity index (χ1) is 12.2. The largest absolute Gasteiger partial charge is 0.465 e. The molecule has 0 heterocycles. The summed E-state index contributed by atoms with van der Waals surface area (Å²) in [6.07, 6.45) is 0.904. The number of nitrogens with one attached hydrogen (secondary N) is 1. The number of halogens is 2. The zero-order chi connectivity index (χ0) is 19.5. The van der Waals surface area contributed by atoms with Gasteiger partial charge in [-0.15, -0.1) is 0 Å². The van der Waals surface area contributed by atoms with E-state index < -0.39 is 38.9 Å². The molecule has 0 aliphatic heterocycles. The van der Waals surface area contributed by atoms with Gasteiger partial charge in [-0.05, 0) is 36.1 Å². The van der Waals surface area contributed by atoms with E-state index in [4.69, 9.17) is 0 Å². The van der Waals surface area contributed by atoms with Crippen LogP contribution >= 0.6 is 0 Å². The fourth-order valence-corrected chi connectivity index (χ4v) is 3.37. The van der Waals surface area contributed by atoms with Crippen molar-refractivity contribution in [3.05, 3.63) is 59.2 Å². The van der Waals surface area contributed by atoms with Crippen molar-refractivity contribution in [2.75, 3.05) is 11.8 Å². The summed E-state index contributed by atoms with van der Waals surface area (Å²) in [7, 11) is -3.08. The van der Waals surface area contributed by atoms with Crippen molar-refractivity contribution in [3.8, 4) is 0 Å². The molecule has 26 heavy (non-hydrogen) atoms. The Kier molecular flexibility index (Phi) is 5.97. The first-order valence-corrected chi connectivity index (χ1v) is 9.38. The number of benzene rings is 2. The lowest BCUT2D eigenvalue weighted by molar-refractivity contribution is 0.0595. The second-order valence-electron chi connectivity index (χ2n) is 5.79. The van der Waals surface area contributed by atoms with Crippen LogP contribution in [0.5, 0.6) is 0 Å². The van der Waals surface area contributed by atoms with Gasteiger partial charge < -0.3 is 4.74 Å². The maximum absolute atomic E-state index is 13.9. The maximum Gasteiger partial charge on any atom is 0.340 e. The third-order valence-electron chi connectivity index (χ3n) is 4.08. The van der Waals surface area contributed by atoms with Crippen LogP contribution in [0, 0.1) is 11.6 Å². The van der Waals surface area contributed by atoms with Crippen LogP contribution in [0.1, 0.15) is 42.1 Å². The highest BCUT2D eigenvalue weighted by Crippen LogP contribution is 2.25. The number of rotatable bonds is 6. The highest BCUT2D eigenvalue weighted by molar-refractivity contribution is 7.92. The number of hydrogen-bond acceptors (Lipinski definition) is 4. The topological polar surface area (TPSA) is 72.5 Å². The number of carbonyl (C=O) groups is 1. The minimum Gasteiger partial charge on any atom is -0.465 e. The molecule has 0 amide bonds. The zero-order valence-electron chi connectivity index (χ0n) is 14.5. The molecule has 0 radical (unpaired) electrons. The highest BCUT2D eigenvalue weighted by Gasteiger charge is 2.21. The van der Waals surface area contributed by atoms with Crippen molar-refractivity contribution in [2.24, 2.45) is 0 Å².